The number of benzene rings is 2. The Bertz CT molecular complexity index is 914. The second-order valence-electron chi connectivity index (χ2n) is 6.29. The molecule has 128 valence electrons. The molecule has 0 amide bonds. The number of nitriles is 1. The average Bonchev–Trinajstić information content (AvgIpc) is 2.61. The fourth-order valence-electron chi connectivity index (χ4n) is 2.41. The summed E-state index contributed by atoms with van der Waals surface area (Å²) in [5.41, 5.74) is 9.67. The number of fused-ring (bicyclic) bond motifs is 1. The van der Waals surface area contributed by atoms with Gasteiger partial charge in [0.2, 0.25) is 0 Å². The van der Waals surface area contributed by atoms with Gasteiger partial charge in [-0.25, -0.2) is 4.98 Å². The third-order valence-electron chi connectivity index (χ3n) is 3.88. The van der Waals surface area contributed by atoms with Gasteiger partial charge in [0.25, 0.3) is 0 Å². The van der Waals surface area contributed by atoms with Crippen LogP contribution < -0.4 is 5.73 Å². The zero-order valence-corrected chi connectivity index (χ0v) is 15.8. The summed E-state index contributed by atoms with van der Waals surface area (Å²) in [5.74, 6) is 0. The highest BCUT2D eigenvalue weighted by atomic mass is 35.5. The molecule has 0 saturated carbocycles. The van der Waals surface area contributed by atoms with Crippen molar-refractivity contribution in [3.05, 3.63) is 60.2 Å². The Kier molecular flexibility index (Phi) is 6.07. The van der Waals surface area contributed by atoms with Crippen LogP contribution in [0.25, 0.3) is 22.0 Å². The Morgan fingerprint density at radius 1 is 1.12 bits per heavy atom. The van der Waals surface area contributed by atoms with Gasteiger partial charge >= 0.3 is 0 Å². The first-order valence-electron chi connectivity index (χ1n) is 7.82. The van der Waals surface area contributed by atoms with E-state index in [2.05, 4.69) is 32.0 Å². The summed E-state index contributed by atoms with van der Waals surface area (Å²) in [6.07, 6.45) is 0. The first-order chi connectivity index (χ1) is 11.5. The van der Waals surface area contributed by atoms with E-state index in [0.717, 1.165) is 27.1 Å². The summed E-state index contributed by atoms with van der Waals surface area (Å²) in [6.45, 7) is 4.81. The van der Waals surface area contributed by atoms with Gasteiger partial charge in [0.15, 0.2) is 0 Å². The predicted octanol–water partition coefficient (Wildman–Crippen LogP) is 5.02. The van der Waals surface area contributed by atoms with E-state index in [4.69, 9.17) is 16.0 Å². The van der Waals surface area contributed by atoms with Crippen LogP contribution in [0.4, 0.5) is 0 Å². The van der Waals surface area contributed by atoms with Crippen molar-refractivity contribution in [2.45, 2.75) is 23.6 Å². The molecule has 2 aromatic carbocycles. The van der Waals surface area contributed by atoms with Gasteiger partial charge in [-0.15, -0.1) is 12.4 Å². The van der Waals surface area contributed by atoms with Crippen LogP contribution in [-0.2, 0) is 0 Å². The number of pyridine rings is 1. The average molecular weight is 370 g/mol. The third kappa shape index (κ3) is 4.32. The van der Waals surface area contributed by atoms with Crippen LogP contribution in [0.2, 0.25) is 0 Å². The van der Waals surface area contributed by atoms with Crippen LogP contribution in [0.3, 0.4) is 0 Å². The van der Waals surface area contributed by atoms with Crippen LogP contribution in [0.15, 0.2) is 59.6 Å². The van der Waals surface area contributed by atoms with Gasteiger partial charge in [-0.2, -0.15) is 5.26 Å². The van der Waals surface area contributed by atoms with Gasteiger partial charge in [-0.1, -0.05) is 42.1 Å². The Hall–Kier alpha value is -2.06. The molecule has 5 heteroatoms. The van der Waals surface area contributed by atoms with E-state index < -0.39 is 0 Å². The minimum Gasteiger partial charge on any atom is -0.329 e. The maximum Gasteiger partial charge on any atom is 0.105 e. The highest BCUT2D eigenvalue weighted by molar-refractivity contribution is 8.00. The van der Waals surface area contributed by atoms with Crippen molar-refractivity contribution in [3.8, 4) is 17.2 Å². The number of rotatable bonds is 4. The molecule has 3 rings (SSSR count). The van der Waals surface area contributed by atoms with Crippen molar-refractivity contribution in [1.82, 2.24) is 4.98 Å². The van der Waals surface area contributed by atoms with Crippen LogP contribution >= 0.6 is 24.2 Å². The lowest BCUT2D eigenvalue weighted by atomic mass is 10.0. The molecule has 1 aromatic heterocycles. The van der Waals surface area contributed by atoms with E-state index in [9.17, 15) is 0 Å². The highest BCUT2D eigenvalue weighted by Crippen LogP contribution is 2.38. The quantitative estimate of drug-likeness (QED) is 0.655. The van der Waals surface area contributed by atoms with Crippen LogP contribution in [-0.4, -0.2) is 16.3 Å². The standard InChI is InChI=1S/C20H19N3S.ClH/c1-20(2,13-22)24-19-17(15-9-7-14(12-21)8-10-15)11-16-5-3-4-6-18(16)23-19;/h3-11H,13,22H2,1-2H3;1H. The van der Waals surface area contributed by atoms with E-state index in [1.165, 1.54) is 0 Å². The lowest BCUT2D eigenvalue weighted by molar-refractivity contribution is 0.721. The van der Waals surface area contributed by atoms with Crippen molar-refractivity contribution in [2.75, 3.05) is 6.54 Å². The molecule has 0 aliphatic rings. The molecule has 3 nitrogen and oxygen atoms in total. The first-order valence-corrected chi connectivity index (χ1v) is 8.63. The molecular formula is C20H20ClN3S. The van der Waals surface area contributed by atoms with E-state index in [0.29, 0.717) is 12.1 Å². The maximum atomic E-state index is 9.00. The number of thioether (sulfide) groups is 1. The number of nitrogens with two attached hydrogens (primary N) is 1. The zero-order chi connectivity index (χ0) is 17.2. The van der Waals surface area contributed by atoms with Gasteiger partial charge in [-0.05, 0) is 43.7 Å². The molecular weight excluding hydrogens is 350 g/mol. The molecule has 1 heterocycles. The monoisotopic (exact) mass is 369 g/mol. The summed E-state index contributed by atoms with van der Waals surface area (Å²) in [4.78, 5) is 4.87. The molecule has 0 fully saturated rings. The van der Waals surface area contributed by atoms with Crippen molar-refractivity contribution < 1.29 is 0 Å². The van der Waals surface area contributed by atoms with Crippen LogP contribution in [0.1, 0.15) is 19.4 Å². The predicted molar refractivity (Wildman–Crippen MR) is 108 cm³/mol. The number of hydrogen-bond acceptors (Lipinski definition) is 4. The Balaban J connectivity index is 0.00000225. The van der Waals surface area contributed by atoms with Crippen molar-refractivity contribution in [3.63, 3.8) is 0 Å². The molecule has 2 N–H and O–H groups in total. The summed E-state index contributed by atoms with van der Waals surface area (Å²) < 4.78 is -0.100. The molecule has 0 saturated heterocycles. The van der Waals surface area contributed by atoms with Gasteiger partial charge < -0.3 is 5.73 Å². The third-order valence-corrected chi connectivity index (χ3v) is 5.10. The summed E-state index contributed by atoms with van der Waals surface area (Å²) in [6, 6.07) is 20.1. The minimum absolute atomic E-state index is 0. The smallest absolute Gasteiger partial charge is 0.105 e. The van der Waals surface area contributed by atoms with Crippen LogP contribution in [0.5, 0.6) is 0 Å². The molecule has 25 heavy (non-hydrogen) atoms. The summed E-state index contributed by atoms with van der Waals surface area (Å²) in [5, 5.41) is 11.1. The molecule has 0 atom stereocenters. The normalized spacial score (nSPS) is 11.0. The van der Waals surface area contributed by atoms with Crippen LogP contribution in [0, 0.1) is 11.3 Å². The van der Waals surface area contributed by atoms with Gasteiger partial charge in [0.05, 0.1) is 17.1 Å². The summed E-state index contributed by atoms with van der Waals surface area (Å²) >= 11 is 1.69. The maximum absolute atomic E-state index is 9.00. The van der Waals surface area contributed by atoms with Crippen molar-refractivity contribution >= 4 is 35.1 Å². The minimum atomic E-state index is -0.100. The fourth-order valence-corrected chi connectivity index (χ4v) is 3.45. The van der Waals surface area contributed by atoms with E-state index in [1.54, 1.807) is 11.8 Å². The molecule has 0 unspecified atom stereocenters. The number of nitrogens with zero attached hydrogens (tertiary/aromatic N) is 2. The second-order valence-corrected chi connectivity index (χ2v) is 7.98. The fraction of sp³-hybridized carbons (Fsp3) is 0.200. The Labute approximate surface area is 158 Å². The second kappa shape index (κ2) is 7.88. The Morgan fingerprint density at radius 2 is 1.80 bits per heavy atom. The number of para-hydroxylation sites is 1. The molecule has 0 radical (unpaired) electrons. The van der Waals surface area contributed by atoms with E-state index in [-0.39, 0.29) is 17.2 Å². The molecule has 3 aromatic rings. The van der Waals surface area contributed by atoms with E-state index >= 15 is 0 Å². The van der Waals surface area contributed by atoms with Crippen molar-refractivity contribution in [2.24, 2.45) is 5.73 Å². The molecule has 0 aliphatic carbocycles. The van der Waals surface area contributed by atoms with E-state index in [1.807, 2.05) is 42.5 Å². The van der Waals surface area contributed by atoms with Gasteiger partial charge in [-0.3, -0.25) is 0 Å². The SMILES string of the molecule is CC(C)(CN)Sc1nc2ccccc2cc1-c1ccc(C#N)cc1.Cl. The van der Waals surface area contributed by atoms with Gasteiger partial charge in [0.1, 0.15) is 5.03 Å². The first kappa shape index (κ1) is 19.3. The highest BCUT2D eigenvalue weighted by Gasteiger charge is 2.21. The molecule has 0 bridgehead atoms. The lowest BCUT2D eigenvalue weighted by Gasteiger charge is -2.23. The van der Waals surface area contributed by atoms with Gasteiger partial charge in [0, 0.05) is 22.2 Å². The Morgan fingerprint density at radius 3 is 2.44 bits per heavy atom. The molecule has 0 spiro atoms. The number of hydrogen-bond donors (Lipinski definition) is 1. The number of halogens is 1. The largest absolute Gasteiger partial charge is 0.329 e. The number of aromatic nitrogens is 1. The van der Waals surface area contributed by atoms with Crippen molar-refractivity contribution in [1.29, 1.82) is 5.26 Å². The summed E-state index contributed by atoms with van der Waals surface area (Å²) in [7, 11) is 0. The topological polar surface area (TPSA) is 62.7 Å². The zero-order valence-electron chi connectivity index (χ0n) is 14.2. The molecule has 0 aliphatic heterocycles. The lowest BCUT2D eigenvalue weighted by Crippen LogP contribution is -2.26.